The molecule has 0 radical (unpaired) electrons. The zero-order valence-electron chi connectivity index (χ0n) is 22.6. The molecule has 0 atom stereocenters. The Morgan fingerprint density at radius 3 is 2.44 bits per heavy atom. The van der Waals surface area contributed by atoms with Crippen molar-refractivity contribution in [3.8, 4) is 5.82 Å². The van der Waals surface area contributed by atoms with Crippen molar-refractivity contribution < 1.29 is 40.3 Å². The van der Waals surface area contributed by atoms with E-state index in [2.05, 4.69) is 31.0 Å². The molecule has 0 bridgehead atoms. The van der Waals surface area contributed by atoms with E-state index in [1.54, 1.807) is 19.1 Å². The fourth-order valence-corrected chi connectivity index (χ4v) is 5.12. The molecule has 1 aliphatic carbocycles. The van der Waals surface area contributed by atoms with Crippen LogP contribution in [0.5, 0.6) is 0 Å². The van der Waals surface area contributed by atoms with Crippen molar-refractivity contribution in [3.63, 3.8) is 0 Å². The molecule has 0 aliphatic heterocycles. The van der Waals surface area contributed by atoms with Gasteiger partial charge in [-0.1, -0.05) is 16.8 Å². The highest BCUT2D eigenvalue weighted by Crippen LogP contribution is 2.51. The summed E-state index contributed by atoms with van der Waals surface area (Å²) in [5, 5.41) is 15.9. The molecule has 45 heavy (non-hydrogen) atoms. The number of benzene rings is 1. The van der Waals surface area contributed by atoms with Crippen molar-refractivity contribution >= 4 is 51.7 Å². The van der Waals surface area contributed by atoms with Gasteiger partial charge in [0.2, 0.25) is 0 Å². The van der Waals surface area contributed by atoms with E-state index in [1.807, 2.05) is 22.6 Å². The lowest BCUT2D eigenvalue weighted by atomic mass is 10.1. The summed E-state index contributed by atoms with van der Waals surface area (Å²) in [4.78, 5) is 30.8. The van der Waals surface area contributed by atoms with Gasteiger partial charge in [-0.05, 0) is 78.3 Å². The second-order valence-corrected chi connectivity index (χ2v) is 11.7. The molecule has 5 rings (SSSR count). The number of hydrogen-bond acceptors (Lipinski definition) is 6. The lowest BCUT2D eigenvalue weighted by Crippen LogP contribution is -2.50. The second-order valence-electron chi connectivity index (χ2n) is 10.0. The summed E-state index contributed by atoms with van der Waals surface area (Å²) in [5.41, 5.74) is -1.25. The zero-order chi connectivity index (χ0) is 32.9. The highest BCUT2D eigenvalue weighted by atomic mass is 127. The predicted octanol–water partition coefficient (Wildman–Crippen LogP) is 5.91. The minimum Gasteiger partial charge on any atom is -0.349 e. The number of anilines is 1. The number of aromatic nitrogens is 6. The first-order valence-electron chi connectivity index (χ1n) is 12.8. The van der Waals surface area contributed by atoms with Gasteiger partial charge >= 0.3 is 18.0 Å². The molecular weight excluding hydrogens is 752 g/mol. The molecule has 4 aromatic rings. The Bertz CT molecular complexity index is 1790. The molecule has 3 aromatic heterocycles. The third-order valence-electron chi connectivity index (χ3n) is 6.56. The summed E-state index contributed by atoms with van der Waals surface area (Å²) in [5.74, 6) is -13.4. The minimum absolute atomic E-state index is 0.0303. The van der Waals surface area contributed by atoms with Crippen LogP contribution < -0.4 is 10.6 Å². The predicted molar refractivity (Wildman–Crippen MR) is 153 cm³/mol. The standard InChI is InChI=1S/C26H19ClF7IN8O2/c1-12-7-13(35)8-16(22(44)37-14-4-5-14)20(12)38-23(45)18-9-15(40-43(18)21-17(27)3-2-6-36-21)10-42-11-19(39-41-42)24(28,29)25(30,31)26(32,33)34/h2-3,6-9,11,14H,4-5,10H2,1H3,(H,37,44)(H,38,45). The van der Waals surface area contributed by atoms with Gasteiger partial charge in [0.25, 0.3) is 11.8 Å². The molecule has 1 aromatic carbocycles. The molecule has 3 heterocycles. The number of aryl methyl sites for hydroxylation is 1. The average molecular weight is 771 g/mol. The molecular formula is C26H19ClF7IN8O2. The van der Waals surface area contributed by atoms with E-state index in [-0.39, 0.29) is 45.7 Å². The normalized spacial score (nSPS) is 14.0. The van der Waals surface area contributed by atoms with E-state index in [0.29, 0.717) is 10.2 Å². The Kier molecular flexibility index (Phi) is 8.58. The Morgan fingerprint density at radius 2 is 1.80 bits per heavy atom. The van der Waals surface area contributed by atoms with E-state index in [1.165, 1.54) is 24.4 Å². The van der Waals surface area contributed by atoms with Crippen LogP contribution in [0.4, 0.5) is 36.4 Å². The van der Waals surface area contributed by atoms with Crippen molar-refractivity contribution in [1.82, 2.24) is 35.1 Å². The van der Waals surface area contributed by atoms with Crippen LogP contribution in [0.1, 0.15) is 50.6 Å². The second kappa shape index (κ2) is 11.8. The van der Waals surface area contributed by atoms with E-state index < -0.39 is 42.1 Å². The van der Waals surface area contributed by atoms with Gasteiger partial charge in [-0.25, -0.2) is 14.3 Å². The molecule has 1 fully saturated rings. The third-order valence-corrected chi connectivity index (χ3v) is 7.48. The lowest BCUT2D eigenvalue weighted by molar-refractivity contribution is -0.360. The van der Waals surface area contributed by atoms with Crippen LogP contribution in [-0.4, -0.2) is 59.7 Å². The number of rotatable bonds is 9. The number of halogens is 9. The largest absolute Gasteiger partial charge is 0.460 e. The van der Waals surface area contributed by atoms with Gasteiger partial charge in [0, 0.05) is 15.8 Å². The molecule has 2 N–H and O–H groups in total. The molecule has 1 aliphatic rings. The smallest absolute Gasteiger partial charge is 0.349 e. The van der Waals surface area contributed by atoms with Gasteiger partial charge in [0.15, 0.2) is 11.5 Å². The fraction of sp³-hybridized carbons (Fsp3) is 0.308. The van der Waals surface area contributed by atoms with Gasteiger partial charge < -0.3 is 10.6 Å². The Morgan fingerprint density at radius 1 is 1.09 bits per heavy atom. The topological polar surface area (TPSA) is 120 Å². The number of nitrogens with one attached hydrogen (secondary N) is 2. The summed E-state index contributed by atoms with van der Waals surface area (Å²) >= 11 is 8.31. The molecule has 1 saturated carbocycles. The first kappa shape index (κ1) is 32.6. The zero-order valence-corrected chi connectivity index (χ0v) is 25.6. The maximum Gasteiger partial charge on any atom is 0.460 e. The van der Waals surface area contributed by atoms with Crippen molar-refractivity contribution in [2.45, 2.75) is 50.4 Å². The van der Waals surface area contributed by atoms with E-state index in [9.17, 15) is 40.3 Å². The summed E-state index contributed by atoms with van der Waals surface area (Å²) in [6, 6.07) is 7.50. The lowest BCUT2D eigenvalue weighted by Gasteiger charge is -2.26. The van der Waals surface area contributed by atoms with E-state index in [4.69, 9.17) is 11.6 Å². The number of alkyl halides is 7. The van der Waals surface area contributed by atoms with E-state index in [0.717, 1.165) is 21.1 Å². The van der Waals surface area contributed by atoms with Crippen LogP contribution in [-0.2, 0) is 12.5 Å². The van der Waals surface area contributed by atoms with Crippen LogP contribution in [0.15, 0.2) is 42.7 Å². The van der Waals surface area contributed by atoms with Gasteiger partial charge in [0.1, 0.15) is 5.69 Å². The van der Waals surface area contributed by atoms with Crippen molar-refractivity contribution in [2.24, 2.45) is 0 Å². The van der Waals surface area contributed by atoms with Gasteiger partial charge in [-0.15, -0.1) is 5.10 Å². The molecule has 238 valence electrons. The Balaban J connectivity index is 1.49. The van der Waals surface area contributed by atoms with Gasteiger partial charge in [-0.2, -0.15) is 35.8 Å². The first-order chi connectivity index (χ1) is 21.0. The summed E-state index contributed by atoms with van der Waals surface area (Å²) in [7, 11) is 0. The van der Waals surface area contributed by atoms with Crippen molar-refractivity contribution in [3.05, 3.63) is 79.5 Å². The number of carbonyl (C=O) groups excluding carboxylic acids is 2. The van der Waals surface area contributed by atoms with Crippen LogP contribution in [0.2, 0.25) is 5.02 Å². The molecule has 0 saturated heterocycles. The number of carbonyl (C=O) groups is 2. The van der Waals surface area contributed by atoms with Crippen molar-refractivity contribution in [2.75, 3.05) is 5.32 Å². The van der Waals surface area contributed by atoms with Crippen LogP contribution in [0.25, 0.3) is 5.82 Å². The summed E-state index contributed by atoms with van der Waals surface area (Å²) in [6.07, 6.45) is -3.33. The van der Waals surface area contributed by atoms with Crippen LogP contribution in [0, 0.1) is 10.5 Å². The maximum atomic E-state index is 14.1. The van der Waals surface area contributed by atoms with Crippen LogP contribution >= 0.6 is 34.2 Å². The molecule has 0 spiro atoms. The molecule has 19 heteroatoms. The summed E-state index contributed by atoms with van der Waals surface area (Å²) < 4.78 is 95.5. The fourth-order valence-electron chi connectivity index (χ4n) is 4.14. The maximum absolute atomic E-state index is 14.1. The van der Waals surface area contributed by atoms with E-state index >= 15 is 0 Å². The molecule has 10 nitrogen and oxygen atoms in total. The highest BCUT2D eigenvalue weighted by molar-refractivity contribution is 14.1. The van der Waals surface area contributed by atoms with Crippen LogP contribution in [0.3, 0.4) is 0 Å². The Hall–Kier alpha value is -3.81. The number of amides is 2. The highest BCUT2D eigenvalue weighted by Gasteiger charge is 2.74. The SMILES string of the molecule is Cc1cc(I)cc(C(=O)NC2CC2)c1NC(=O)c1cc(Cn2cc(C(F)(F)C(F)(F)C(F)(F)F)nn2)nn1-c1ncccc1Cl. The quantitative estimate of drug-likeness (QED) is 0.162. The molecule has 2 amide bonds. The first-order valence-corrected chi connectivity index (χ1v) is 14.3. The van der Waals surface area contributed by atoms with Crippen molar-refractivity contribution in [1.29, 1.82) is 0 Å². The minimum atomic E-state index is -6.56. The molecule has 0 unspecified atom stereocenters. The number of hydrogen-bond donors (Lipinski definition) is 2. The number of pyridine rings is 1. The summed E-state index contributed by atoms with van der Waals surface area (Å²) in [6.45, 7) is 1.10. The monoisotopic (exact) mass is 770 g/mol. The average Bonchev–Trinajstić information content (AvgIpc) is 3.46. The Labute approximate surface area is 267 Å². The third kappa shape index (κ3) is 6.47. The number of nitrogens with zero attached hydrogens (tertiary/aromatic N) is 6. The van der Waals surface area contributed by atoms with Gasteiger partial charge in [-0.3, -0.25) is 9.59 Å². The van der Waals surface area contributed by atoms with Gasteiger partial charge in [0.05, 0.1) is 34.7 Å².